The van der Waals surface area contributed by atoms with Gasteiger partial charge >= 0.3 is 0 Å². The van der Waals surface area contributed by atoms with Crippen molar-refractivity contribution in [1.82, 2.24) is 0 Å². The number of hydrogen-bond donors (Lipinski definition) is 2. The molecule has 1 unspecified atom stereocenters. The molecule has 1 fully saturated rings. The van der Waals surface area contributed by atoms with E-state index in [1.165, 1.54) is 0 Å². The van der Waals surface area contributed by atoms with Crippen LogP contribution < -0.4 is 4.74 Å². The molecule has 2 aliphatic rings. The van der Waals surface area contributed by atoms with Crippen LogP contribution in [0.4, 0.5) is 0 Å². The molecule has 0 aromatic heterocycles. The van der Waals surface area contributed by atoms with Crippen LogP contribution >= 0.6 is 0 Å². The number of phenolic OH excluding ortho intramolecular Hbond substituents is 2. The normalized spacial score (nSPS) is 25.2. The van der Waals surface area contributed by atoms with Crippen LogP contribution in [0.1, 0.15) is 78.2 Å². The van der Waals surface area contributed by atoms with Crippen LogP contribution in [-0.2, 0) is 13.9 Å². The molecule has 0 spiro atoms. The zero-order chi connectivity index (χ0) is 24.2. The Balaban J connectivity index is 1.77. The number of fused-ring (bicyclic) bond motifs is 4. The summed E-state index contributed by atoms with van der Waals surface area (Å²) in [4.78, 5) is 0. The lowest BCUT2D eigenvalue weighted by Gasteiger charge is -2.43. The molecule has 1 saturated heterocycles. The van der Waals surface area contributed by atoms with Crippen LogP contribution in [0.15, 0.2) is 18.2 Å². The van der Waals surface area contributed by atoms with Gasteiger partial charge in [0.25, 0.3) is 0 Å². The molecule has 2 N–H and O–H groups in total. The Kier molecular flexibility index (Phi) is 6.46. The topological polar surface area (TPSA) is 77.4 Å². The highest BCUT2D eigenvalue weighted by molar-refractivity contribution is 6.77. The van der Waals surface area contributed by atoms with Crippen LogP contribution in [0, 0.1) is 0 Å². The van der Waals surface area contributed by atoms with E-state index in [0.29, 0.717) is 50.7 Å². The smallest absolute Gasteiger partial charge is 0.203 e. The standard InChI is InChI=1S/C26H38O6Si/c1-13(2)33(14(3)4,15(5)6)32-20-12-19-26(31-20)23-21(16(7)30-19)25(28)22-17(24(23)27)10-9-11-18(22)29-8/h9-11,13-16,19-20,26-28H,12H2,1-8H3/t16-,19-,20?,26+/m0/s1. The summed E-state index contributed by atoms with van der Waals surface area (Å²) < 4.78 is 25.1. The summed E-state index contributed by atoms with van der Waals surface area (Å²) in [6.07, 6.45) is -0.943. The number of phenols is 2. The number of benzene rings is 2. The van der Waals surface area contributed by atoms with E-state index in [1.54, 1.807) is 19.2 Å². The first-order valence-electron chi connectivity index (χ1n) is 12.1. The van der Waals surface area contributed by atoms with E-state index in [1.807, 2.05) is 13.0 Å². The van der Waals surface area contributed by atoms with Gasteiger partial charge in [-0.2, -0.15) is 0 Å². The molecule has 2 aliphatic heterocycles. The zero-order valence-corrected chi connectivity index (χ0v) is 22.0. The monoisotopic (exact) mass is 474 g/mol. The Bertz CT molecular complexity index is 1010. The summed E-state index contributed by atoms with van der Waals surface area (Å²) in [6.45, 7) is 15.4. The van der Waals surface area contributed by atoms with Crippen LogP contribution in [0.25, 0.3) is 10.8 Å². The number of ether oxygens (including phenoxy) is 3. The number of aromatic hydroxyl groups is 2. The minimum absolute atomic E-state index is 0.0735. The second-order valence-electron chi connectivity index (χ2n) is 10.4. The second kappa shape index (κ2) is 8.76. The molecule has 0 amide bonds. The van der Waals surface area contributed by atoms with Gasteiger partial charge in [-0.25, -0.2) is 0 Å². The molecule has 4 rings (SSSR count). The third-order valence-corrected chi connectivity index (χ3v) is 13.8. The Labute approximate surface area is 197 Å². The molecule has 6 nitrogen and oxygen atoms in total. The molecular formula is C26H38O6Si. The van der Waals surface area contributed by atoms with Crippen molar-refractivity contribution in [3.05, 3.63) is 29.3 Å². The molecule has 0 saturated carbocycles. The summed E-state index contributed by atoms with van der Waals surface area (Å²) in [6, 6.07) is 5.37. The highest BCUT2D eigenvalue weighted by atomic mass is 28.4. The van der Waals surface area contributed by atoms with Crippen LogP contribution in [0.2, 0.25) is 16.6 Å². The summed E-state index contributed by atoms with van der Waals surface area (Å²) in [5.74, 6) is 0.694. The molecule has 2 aromatic carbocycles. The van der Waals surface area contributed by atoms with Gasteiger partial charge in [-0.05, 0) is 29.6 Å². The van der Waals surface area contributed by atoms with Crippen LogP contribution in [-0.4, -0.2) is 38.0 Å². The summed E-state index contributed by atoms with van der Waals surface area (Å²) in [7, 11) is -0.602. The van der Waals surface area contributed by atoms with Crippen LogP contribution in [0.3, 0.4) is 0 Å². The minimum Gasteiger partial charge on any atom is -0.507 e. The summed E-state index contributed by atoms with van der Waals surface area (Å²) in [5, 5.41) is 23.6. The van der Waals surface area contributed by atoms with E-state index in [2.05, 4.69) is 41.5 Å². The summed E-state index contributed by atoms with van der Waals surface area (Å²) >= 11 is 0. The molecule has 4 atom stereocenters. The maximum Gasteiger partial charge on any atom is 0.203 e. The molecule has 182 valence electrons. The molecule has 33 heavy (non-hydrogen) atoms. The van der Waals surface area contributed by atoms with Gasteiger partial charge in [0.1, 0.15) is 23.4 Å². The molecule has 0 radical (unpaired) electrons. The van der Waals surface area contributed by atoms with Crippen molar-refractivity contribution in [1.29, 1.82) is 0 Å². The third kappa shape index (κ3) is 3.64. The Morgan fingerprint density at radius 2 is 1.58 bits per heavy atom. The van der Waals surface area contributed by atoms with Crippen LogP contribution in [0.5, 0.6) is 17.2 Å². The lowest BCUT2D eigenvalue weighted by atomic mass is 9.87. The molecular weight excluding hydrogens is 436 g/mol. The number of hydrogen-bond acceptors (Lipinski definition) is 6. The lowest BCUT2D eigenvalue weighted by molar-refractivity contribution is -0.109. The first kappa shape index (κ1) is 24.3. The predicted molar refractivity (Wildman–Crippen MR) is 131 cm³/mol. The highest BCUT2D eigenvalue weighted by Crippen LogP contribution is 2.56. The lowest BCUT2D eigenvalue weighted by Crippen LogP contribution is -2.50. The summed E-state index contributed by atoms with van der Waals surface area (Å²) in [5.41, 5.74) is 2.47. The zero-order valence-electron chi connectivity index (χ0n) is 21.0. The first-order valence-corrected chi connectivity index (χ1v) is 14.2. The van der Waals surface area contributed by atoms with E-state index in [0.717, 1.165) is 0 Å². The van der Waals surface area contributed by atoms with E-state index in [-0.39, 0.29) is 17.6 Å². The molecule has 2 aromatic rings. The van der Waals surface area contributed by atoms with Gasteiger partial charge in [-0.1, -0.05) is 53.7 Å². The van der Waals surface area contributed by atoms with Gasteiger partial charge in [-0.15, -0.1) is 0 Å². The van der Waals surface area contributed by atoms with Gasteiger partial charge in [0.15, 0.2) is 6.29 Å². The number of rotatable bonds is 6. The highest BCUT2D eigenvalue weighted by Gasteiger charge is 2.52. The van der Waals surface area contributed by atoms with E-state index in [4.69, 9.17) is 18.6 Å². The first-order chi connectivity index (χ1) is 15.5. The fraction of sp³-hybridized carbons (Fsp3) is 0.615. The Morgan fingerprint density at radius 3 is 2.15 bits per heavy atom. The van der Waals surface area contributed by atoms with Crippen molar-refractivity contribution in [3.8, 4) is 17.2 Å². The molecule has 2 heterocycles. The fourth-order valence-corrected chi connectivity index (χ4v) is 11.8. The average molecular weight is 475 g/mol. The van der Waals surface area contributed by atoms with Gasteiger partial charge in [0.2, 0.25) is 8.32 Å². The number of methoxy groups -OCH3 is 1. The average Bonchev–Trinajstić information content (AvgIpc) is 3.15. The van der Waals surface area contributed by atoms with Crippen molar-refractivity contribution in [2.75, 3.05) is 7.11 Å². The van der Waals surface area contributed by atoms with Gasteiger partial charge in [0.05, 0.1) is 24.7 Å². The third-order valence-electron chi connectivity index (χ3n) is 7.71. The van der Waals surface area contributed by atoms with Gasteiger partial charge in [-0.3, -0.25) is 0 Å². The second-order valence-corrected chi connectivity index (χ2v) is 15.8. The van der Waals surface area contributed by atoms with E-state index < -0.39 is 26.8 Å². The van der Waals surface area contributed by atoms with Crippen molar-refractivity contribution in [3.63, 3.8) is 0 Å². The SMILES string of the molecule is COc1cccc2c(O)c3c(c(O)c12)[C@H](C)O[C@H]1CC(O[Si](C(C)C)(C(C)C)C(C)C)O[C@@H]31. The van der Waals surface area contributed by atoms with Gasteiger partial charge in [0, 0.05) is 22.9 Å². The van der Waals surface area contributed by atoms with Crippen molar-refractivity contribution < 1.29 is 28.8 Å². The predicted octanol–water partition coefficient (Wildman–Crippen LogP) is 6.70. The van der Waals surface area contributed by atoms with Crippen molar-refractivity contribution in [2.24, 2.45) is 0 Å². The Hall–Kier alpha value is -1.80. The molecule has 7 heteroatoms. The van der Waals surface area contributed by atoms with Crippen molar-refractivity contribution in [2.45, 2.75) is 96.1 Å². The van der Waals surface area contributed by atoms with E-state index >= 15 is 0 Å². The van der Waals surface area contributed by atoms with Crippen molar-refractivity contribution >= 4 is 19.1 Å². The minimum atomic E-state index is -2.16. The quantitative estimate of drug-likeness (QED) is 0.358. The molecule has 0 aliphatic carbocycles. The molecule has 0 bridgehead atoms. The fourth-order valence-electron chi connectivity index (χ4n) is 6.42. The maximum absolute atomic E-state index is 11.4. The maximum atomic E-state index is 11.4. The van der Waals surface area contributed by atoms with Gasteiger partial charge < -0.3 is 28.8 Å². The Morgan fingerprint density at radius 1 is 0.939 bits per heavy atom. The van der Waals surface area contributed by atoms with E-state index in [9.17, 15) is 10.2 Å². The largest absolute Gasteiger partial charge is 0.507 e.